The number of hydrogen-bond donors (Lipinski definition) is 0. The highest BCUT2D eigenvalue weighted by molar-refractivity contribution is 5.61. The van der Waals surface area contributed by atoms with E-state index in [0.29, 0.717) is 29.1 Å². The molecule has 0 atom stereocenters. The van der Waals surface area contributed by atoms with Gasteiger partial charge in [-0.25, -0.2) is 13.8 Å². The first-order valence-electron chi connectivity index (χ1n) is 10.7. The molecule has 2 heterocycles. The molecule has 6 heteroatoms. The maximum atomic E-state index is 14.5. The number of nitrogens with zero attached hydrogens (tertiary/aromatic N) is 3. The molecule has 0 amide bonds. The second-order valence-corrected chi connectivity index (χ2v) is 7.98. The van der Waals surface area contributed by atoms with E-state index in [9.17, 15) is 13.6 Å². The summed E-state index contributed by atoms with van der Waals surface area (Å²) in [4.78, 5) is 18.2. The van der Waals surface area contributed by atoms with Crippen LogP contribution >= 0.6 is 0 Å². The zero-order valence-electron chi connectivity index (χ0n) is 18.0. The molecular weight excluding hydrogens is 420 g/mol. The van der Waals surface area contributed by atoms with E-state index < -0.39 is 11.6 Å². The van der Waals surface area contributed by atoms with Gasteiger partial charge in [0, 0.05) is 35.0 Å². The fourth-order valence-electron chi connectivity index (χ4n) is 4.11. The first-order chi connectivity index (χ1) is 16.0. The van der Waals surface area contributed by atoms with E-state index in [1.165, 1.54) is 22.6 Å². The lowest BCUT2D eigenvalue weighted by atomic mass is 10.0. The third kappa shape index (κ3) is 3.84. The summed E-state index contributed by atoms with van der Waals surface area (Å²) >= 11 is 0. The topological polar surface area (TPSA) is 39.3 Å². The fraction of sp³-hybridized carbons (Fsp3) is 0.111. The summed E-state index contributed by atoms with van der Waals surface area (Å²) in [7, 11) is 0. The first kappa shape index (κ1) is 20.8. The number of hydrogen-bond acceptors (Lipinski definition) is 2. The predicted molar refractivity (Wildman–Crippen MR) is 124 cm³/mol. The van der Waals surface area contributed by atoms with Gasteiger partial charge in [0.2, 0.25) is 5.78 Å². The number of benzene rings is 3. The monoisotopic (exact) mass is 441 g/mol. The SMILES string of the molecule is Cc1c(Cc2ccccc2)c(=O)n2cc(-c3ccccc3)nc2n1Cc1c(F)cccc1F. The lowest BCUT2D eigenvalue weighted by Crippen LogP contribution is -2.26. The van der Waals surface area contributed by atoms with Gasteiger partial charge in [-0.05, 0) is 24.6 Å². The molecule has 4 nitrogen and oxygen atoms in total. The zero-order chi connectivity index (χ0) is 22.9. The highest BCUT2D eigenvalue weighted by Gasteiger charge is 2.20. The predicted octanol–water partition coefficient (Wildman–Crippen LogP) is 5.39. The number of rotatable bonds is 5. The van der Waals surface area contributed by atoms with Gasteiger partial charge in [-0.2, -0.15) is 0 Å². The van der Waals surface area contributed by atoms with E-state index >= 15 is 0 Å². The summed E-state index contributed by atoms with van der Waals surface area (Å²) in [6, 6.07) is 23.0. The Labute approximate surface area is 189 Å². The third-order valence-corrected chi connectivity index (χ3v) is 5.92. The maximum absolute atomic E-state index is 14.5. The van der Waals surface area contributed by atoms with Crippen molar-refractivity contribution in [1.29, 1.82) is 0 Å². The summed E-state index contributed by atoms with van der Waals surface area (Å²) in [5.41, 5.74) is 3.38. The average molecular weight is 441 g/mol. The fourth-order valence-corrected chi connectivity index (χ4v) is 4.11. The Morgan fingerprint density at radius 2 is 1.45 bits per heavy atom. The summed E-state index contributed by atoms with van der Waals surface area (Å²) < 4.78 is 32.2. The molecule has 2 aromatic heterocycles. The molecule has 0 unspecified atom stereocenters. The lowest BCUT2D eigenvalue weighted by molar-refractivity contribution is 0.542. The van der Waals surface area contributed by atoms with Gasteiger partial charge in [0.25, 0.3) is 5.56 Å². The highest BCUT2D eigenvalue weighted by Crippen LogP contribution is 2.22. The number of halogens is 2. The molecule has 0 N–H and O–H groups in total. The molecule has 5 aromatic rings. The summed E-state index contributed by atoms with van der Waals surface area (Å²) in [6.45, 7) is 1.72. The van der Waals surface area contributed by atoms with Crippen molar-refractivity contribution in [3.8, 4) is 11.3 Å². The number of imidazole rings is 1. The van der Waals surface area contributed by atoms with Crippen LogP contribution in [0.1, 0.15) is 22.4 Å². The molecule has 3 aromatic carbocycles. The van der Waals surface area contributed by atoms with Crippen molar-refractivity contribution in [2.24, 2.45) is 0 Å². The van der Waals surface area contributed by atoms with E-state index in [4.69, 9.17) is 0 Å². The molecule has 0 saturated heterocycles. The van der Waals surface area contributed by atoms with Crippen LogP contribution in [-0.2, 0) is 13.0 Å². The molecular formula is C27H21F2N3O. The van der Waals surface area contributed by atoms with E-state index in [0.717, 1.165) is 11.1 Å². The number of fused-ring (bicyclic) bond motifs is 1. The maximum Gasteiger partial charge on any atom is 0.262 e. The Morgan fingerprint density at radius 1 is 0.818 bits per heavy atom. The van der Waals surface area contributed by atoms with Gasteiger partial charge in [-0.15, -0.1) is 0 Å². The largest absolute Gasteiger partial charge is 0.311 e. The molecule has 164 valence electrons. The van der Waals surface area contributed by atoms with Crippen LogP contribution in [0.15, 0.2) is 89.9 Å². The van der Waals surface area contributed by atoms with Crippen LogP contribution < -0.4 is 5.56 Å². The van der Waals surface area contributed by atoms with Crippen LogP contribution in [0.2, 0.25) is 0 Å². The second kappa shape index (κ2) is 8.47. The minimum Gasteiger partial charge on any atom is -0.311 e. The molecule has 0 aliphatic carbocycles. The Bertz CT molecular complexity index is 1490. The van der Waals surface area contributed by atoms with Crippen LogP contribution in [0.4, 0.5) is 8.78 Å². The molecule has 0 aliphatic heterocycles. The molecule has 0 spiro atoms. The Morgan fingerprint density at radius 3 is 2.12 bits per heavy atom. The van der Waals surface area contributed by atoms with Crippen LogP contribution in [0.5, 0.6) is 0 Å². The van der Waals surface area contributed by atoms with Crippen molar-refractivity contribution in [3.05, 3.63) is 129 Å². The lowest BCUT2D eigenvalue weighted by Gasteiger charge is -2.17. The van der Waals surface area contributed by atoms with Gasteiger partial charge < -0.3 is 4.57 Å². The van der Waals surface area contributed by atoms with Crippen molar-refractivity contribution in [2.45, 2.75) is 19.9 Å². The summed E-state index contributed by atoms with van der Waals surface area (Å²) in [5.74, 6) is -0.924. The molecule has 0 radical (unpaired) electrons. The molecule has 0 fully saturated rings. The van der Waals surface area contributed by atoms with Crippen LogP contribution in [-0.4, -0.2) is 14.0 Å². The Hall–Kier alpha value is -4.06. The van der Waals surface area contributed by atoms with Gasteiger partial charge in [0.1, 0.15) is 11.6 Å². The first-order valence-corrected chi connectivity index (χ1v) is 10.7. The summed E-state index contributed by atoms with van der Waals surface area (Å²) in [6.07, 6.45) is 2.09. The molecule has 33 heavy (non-hydrogen) atoms. The van der Waals surface area contributed by atoms with Crippen molar-refractivity contribution >= 4 is 5.78 Å². The smallest absolute Gasteiger partial charge is 0.262 e. The second-order valence-electron chi connectivity index (χ2n) is 7.98. The van der Waals surface area contributed by atoms with Crippen LogP contribution in [0.3, 0.4) is 0 Å². The Balaban J connectivity index is 1.75. The van der Waals surface area contributed by atoms with Gasteiger partial charge in [-0.1, -0.05) is 66.7 Å². The van der Waals surface area contributed by atoms with E-state index in [-0.39, 0.29) is 17.7 Å². The molecule has 5 rings (SSSR count). The Kier molecular flexibility index (Phi) is 5.34. The normalized spacial score (nSPS) is 11.2. The minimum atomic E-state index is -0.634. The van der Waals surface area contributed by atoms with Crippen molar-refractivity contribution < 1.29 is 8.78 Å². The van der Waals surface area contributed by atoms with Gasteiger partial charge >= 0.3 is 0 Å². The standard InChI is InChI=1S/C27H21F2N3O/c1-18-21(15-19-9-4-2-5-10-19)26(33)32-17-25(20-11-6-3-7-12-20)30-27(32)31(18)16-22-23(28)13-8-14-24(22)29/h2-14,17H,15-16H2,1H3. The van der Waals surface area contributed by atoms with E-state index in [1.54, 1.807) is 17.7 Å². The average Bonchev–Trinajstić information content (AvgIpc) is 3.28. The van der Waals surface area contributed by atoms with E-state index in [2.05, 4.69) is 4.98 Å². The van der Waals surface area contributed by atoms with Gasteiger partial charge in [0.05, 0.1) is 12.2 Å². The van der Waals surface area contributed by atoms with Crippen molar-refractivity contribution in [1.82, 2.24) is 14.0 Å². The van der Waals surface area contributed by atoms with Crippen LogP contribution in [0.25, 0.3) is 17.0 Å². The molecule has 0 bridgehead atoms. The molecule has 0 saturated carbocycles. The van der Waals surface area contributed by atoms with Crippen molar-refractivity contribution in [3.63, 3.8) is 0 Å². The van der Waals surface area contributed by atoms with Crippen LogP contribution in [0, 0.1) is 18.6 Å². The third-order valence-electron chi connectivity index (χ3n) is 5.92. The quantitative estimate of drug-likeness (QED) is 0.367. The van der Waals surface area contributed by atoms with Gasteiger partial charge in [-0.3, -0.25) is 9.20 Å². The number of aromatic nitrogens is 3. The molecule has 0 aliphatic rings. The minimum absolute atomic E-state index is 0.0685. The summed E-state index contributed by atoms with van der Waals surface area (Å²) in [5, 5.41) is 0. The van der Waals surface area contributed by atoms with Gasteiger partial charge in [0.15, 0.2) is 0 Å². The van der Waals surface area contributed by atoms with Crippen molar-refractivity contribution in [2.75, 3.05) is 0 Å². The van der Waals surface area contributed by atoms with E-state index in [1.807, 2.05) is 60.7 Å². The zero-order valence-corrected chi connectivity index (χ0v) is 18.0. The highest BCUT2D eigenvalue weighted by atomic mass is 19.1.